The molecule has 128 valence electrons. The van der Waals surface area contributed by atoms with Gasteiger partial charge in [-0.15, -0.1) is 0 Å². The molecule has 3 aromatic rings. The maximum absolute atomic E-state index is 12.6. The average Bonchev–Trinajstić information content (AvgIpc) is 3.01. The van der Waals surface area contributed by atoms with E-state index in [-0.39, 0.29) is 11.9 Å². The van der Waals surface area contributed by atoms with Gasteiger partial charge in [0.15, 0.2) is 0 Å². The highest BCUT2D eigenvalue weighted by Gasteiger charge is 2.26. The fraction of sp³-hybridized carbons (Fsp3) is 0.250. The van der Waals surface area contributed by atoms with Crippen LogP contribution in [0.5, 0.6) is 5.75 Å². The van der Waals surface area contributed by atoms with Gasteiger partial charge in [-0.05, 0) is 55.2 Å². The largest absolute Gasteiger partial charge is 0.497 e. The van der Waals surface area contributed by atoms with Gasteiger partial charge in [0.1, 0.15) is 5.75 Å². The van der Waals surface area contributed by atoms with Crippen LogP contribution in [0.3, 0.4) is 0 Å². The van der Waals surface area contributed by atoms with E-state index in [0.29, 0.717) is 10.6 Å². The molecule has 1 aromatic heterocycles. The molecule has 25 heavy (non-hydrogen) atoms. The molecule has 0 unspecified atom stereocenters. The van der Waals surface area contributed by atoms with E-state index in [1.54, 1.807) is 19.2 Å². The third kappa shape index (κ3) is 2.87. The first-order valence-corrected chi connectivity index (χ1v) is 8.79. The number of methoxy groups -OCH3 is 1. The quantitative estimate of drug-likeness (QED) is 0.720. The third-order valence-corrected chi connectivity index (χ3v) is 5.17. The standard InChI is InChI=1S/C20H19ClN2O2/c1-25-12-9-10-17-15(11-12)13-6-4-8-18(19(13)22-17)23-20(24)14-5-2-3-7-16(14)21/h2-3,5,7,9-11,18,22H,4,6,8H2,1H3,(H,23,24)/t18-/m1/s1. The Balaban J connectivity index is 1.68. The molecule has 0 spiro atoms. The molecule has 1 atom stereocenters. The smallest absolute Gasteiger partial charge is 0.253 e. The number of aryl methyl sites for hydroxylation is 1. The minimum absolute atomic E-state index is 0.0362. The number of hydrogen-bond donors (Lipinski definition) is 2. The van der Waals surface area contributed by atoms with E-state index >= 15 is 0 Å². The van der Waals surface area contributed by atoms with Crippen molar-refractivity contribution in [2.24, 2.45) is 0 Å². The number of amides is 1. The van der Waals surface area contributed by atoms with Crippen molar-refractivity contribution in [3.05, 3.63) is 64.3 Å². The second-order valence-electron chi connectivity index (χ2n) is 6.33. The number of halogens is 1. The van der Waals surface area contributed by atoms with Crippen LogP contribution in [0, 0.1) is 0 Å². The van der Waals surface area contributed by atoms with Crippen molar-refractivity contribution < 1.29 is 9.53 Å². The number of fused-ring (bicyclic) bond motifs is 3. The molecule has 4 nitrogen and oxygen atoms in total. The van der Waals surface area contributed by atoms with Gasteiger partial charge in [0, 0.05) is 16.6 Å². The van der Waals surface area contributed by atoms with Gasteiger partial charge < -0.3 is 15.0 Å². The number of ether oxygens (including phenoxy) is 1. The summed E-state index contributed by atoms with van der Waals surface area (Å²) < 4.78 is 5.35. The Kier molecular flexibility index (Phi) is 4.14. The third-order valence-electron chi connectivity index (χ3n) is 4.84. The van der Waals surface area contributed by atoms with Crippen molar-refractivity contribution in [1.82, 2.24) is 10.3 Å². The van der Waals surface area contributed by atoms with Gasteiger partial charge in [-0.1, -0.05) is 23.7 Å². The van der Waals surface area contributed by atoms with Gasteiger partial charge >= 0.3 is 0 Å². The molecule has 5 heteroatoms. The van der Waals surface area contributed by atoms with Gasteiger partial charge in [-0.2, -0.15) is 0 Å². The van der Waals surface area contributed by atoms with Crippen molar-refractivity contribution >= 4 is 28.4 Å². The van der Waals surface area contributed by atoms with E-state index in [4.69, 9.17) is 16.3 Å². The summed E-state index contributed by atoms with van der Waals surface area (Å²) in [6, 6.07) is 13.1. The first-order valence-electron chi connectivity index (χ1n) is 8.41. The number of aromatic amines is 1. The van der Waals surface area contributed by atoms with Crippen molar-refractivity contribution in [2.75, 3.05) is 7.11 Å². The predicted molar refractivity (Wildman–Crippen MR) is 99.4 cm³/mol. The number of nitrogens with one attached hydrogen (secondary N) is 2. The number of carbonyl (C=O) groups is 1. The van der Waals surface area contributed by atoms with Crippen molar-refractivity contribution in [3.63, 3.8) is 0 Å². The molecule has 0 aliphatic heterocycles. The van der Waals surface area contributed by atoms with Crippen LogP contribution >= 0.6 is 11.6 Å². The van der Waals surface area contributed by atoms with Gasteiger partial charge in [0.2, 0.25) is 0 Å². The van der Waals surface area contributed by atoms with E-state index in [1.807, 2.05) is 24.3 Å². The summed E-state index contributed by atoms with van der Waals surface area (Å²) in [6.07, 6.45) is 2.94. The molecule has 0 fully saturated rings. The number of aromatic nitrogens is 1. The van der Waals surface area contributed by atoms with E-state index < -0.39 is 0 Å². The summed E-state index contributed by atoms with van der Waals surface area (Å²) >= 11 is 6.15. The second-order valence-corrected chi connectivity index (χ2v) is 6.73. The Hall–Kier alpha value is -2.46. The Morgan fingerprint density at radius 2 is 2.12 bits per heavy atom. The summed E-state index contributed by atoms with van der Waals surface area (Å²) in [5.41, 5.74) is 3.94. The van der Waals surface area contributed by atoms with Crippen LogP contribution in [0.2, 0.25) is 5.02 Å². The maximum Gasteiger partial charge on any atom is 0.253 e. The first-order chi connectivity index (χ1) is 12.2. The average molecular weight is 355 g/mol. The lowest BCUT2D eigenvalue weighted by atomic mass is 9.91. The van der Waals surface area contributed by atoms with Gasteiger partial charge in [0.05, 0.1) is 23.7 Å². The minimum Gasteiger partial charge on any atom is -0.497 e. The summed E-state index contributed by atoms with van der Waals surface area (Å²) in [4.78, 5) is 16.1. The summed E-state index contributed by atoms with van der Waals surface area (Å²) in [6.45, 7) is 0. The van der Waals surface area contributed by atoms with Crippen LogP contribution in [0.15, 0.2) is 42.5 Å². The Morgan fingerprint density at radius 1 is 1.28 bits per heavy atom. The van der Waals surface area contributed by atoms with Crippen molar-refractivity contribution in [3.8, 4) is 5.75 Å². The fourth-order valence-electron chi connectivity index (χ4n) is 3.59. The lowest BCUT2D eigenvalue weighted by Gasteiger charge is -2.24. The molecule has 0 radical (unpaired) electrons. The van der Waals surface area contributed by atoms with Crippen LogP contribution in [0.25, 0.3) is 10.9 Å². The molecule has 4 rings (SSSR count). The molecule has 1 amide bonds. The summed E-state index contributed by atoms with van der Waals surface area (Å²) in [7, 11) is 1.67. The lowest BCUT2D eigenvalue weighted by Crippen LogP contribution is -2.31. The highest BCUT2D eigenvalue weighted by Crippen LogP contribution is 2.36. The zero-order chi connectivity index (χ0) is 17.4. The normalized spacial score (nSPS) is 16.5. The Bertz CT molecular complexity index is 948. The molecule has 1 aliphatic rings. The topological polar surface area (TPSA) is 54.1 Å². The van der Waals surface area contributed by atoms with Crippen LogP contribution < -0.4 is 10.1 Å². The fourth-order valence-corrected chi connectivity index (χ4v) is 3.82. The first kappa shape index (κ1) is 16.0. The Labute approximate surface area is 151 Å². The van der Waals surface area contributed by atoms with Crippen LogP contribution in [-0.2, 0) is 6.42 Å². The molecule has 2 aromatic carbocycles. The molecule has 2 N–H and O–H groups in total. The highest BCUT2D eigenvalue weighted by atomic mass is 35.5. The van der Waals surface area contributed by atoms with Gasteiger partial charge in [-0.3, -0.25) is 4.79 Å². The zero-order valence-electron chi connectivity index (χ0n) is 13.9. The van der Waals surface area contributed by atoms with Crippen LogP contribution in [-0.4, -0.2) is 18.0 Å². The molecular formula is C20H19ClN2O2. The Morgan fingerprint density at radius 3 is 2.92 bits per heavy atom. The van der Waals surface area contributed by atoms with Crippen molar-refractivity contribution in [1.29, 1.82) is 0 Å². The number of hydrogen-bond acceptors (Lipinski definition) is 2. The van der Waals surface area contributed by atoms with E-state index in [1.165, 1.54) is 10.9 Å². The summed E-state index contributed by atoms with van der Waals surface area (Å²) in [5.74, 6) is 0.705. The second kappa shape index (κ2) is 6.45. The van der Waals surface area contributed by atoms with E-state index in [2.05, 4.69) is 16.4 Å². The number of benzene rings is 2. The van der Waals surface area contributed by atoms with E-state index in [9.17, 15) is 4.79 Å². The monoisotopic (exact) mass is 354 g/mol. The van der Waals surface area contributed by atoms with E-state index in [0.717, 1.165) is 36.2 Å². The number of H-pyrrole nitrogens is 1. The molecule has 0 saturated heterocycles. The SMILES string of the molecule is COc1ccc2[nH]c3c(c2c1)CCC[C@H]3NC(=O)c1ccccc1Cl. The molecular weight excluding hydrogens is 336 g/mol. The zero-order valence-corrected chi connectivity index (χ0v) is 14.7. The van der Waals surface area contributed by atoms with Crippen molar-refractivity contribution in [2.45, 2.75) is 25.3 Å². The number of rotatable bonds is 3. The molecule has 1 heterocycles. The maximum atomic E-state index is 12.6. The van der Waals surface area contributed by atoms with Crippen LogP contribution in [0.4, 0.5) is 0 Å². The van der Waals surface area contributed by atoms with Crippen LogP contribution in [0.1, 0.15) is 40.5 Å². The van der Waals surface area contributed by atoms with Gasteiger partial charge in [0.25, 0.3) is 5.91 Å². The molecule has 1 aliphatic carbocycles. The highest BCUT2D eigenvalue weighted by molar-refractivity contribution is 6.33. The minimum atomic E-state index is -0.139. The predicted octanol–water partition coefficient (Wildman–Crippen LogP) is 4.64. The summed E-state index contributed by atoms with van der Waals surface area (Å²) in [5, 5.41) is 4.78. The number of carbonyl (C=O) groups excluding carboxylic acids is 1. The molecule has 0 bridgehead atoms. The molecule has 0 saturated carbocycles. The lowest BCUT2D eigenvalue weighted by molar-refractivity contribution is 0.0932. The van der Waals surface area contributed by atoms with Gasteiger partial charge in [-0.25, -0.2) is 0 Å².